The third-order valence-electron chi connectivity index (χ3n) is 3.33. The predicted octanol–water partition coefficient (Wildman–Crippen LogP) is 3.02. The molecule has 4 N–H and O–H groups in total. The smallest absolute Gasteiger partial charge is 0.169 e. The molecule has 0 bridgehead atoms. The van der Waals surface area contributed by atoms with E-state index >= 15 is 0 Å². The van der Waals surface area contributed by atoms with Gasteiger partial charge < -0.3 is 16.4 Å². The number of nitrogens with zero attached hydrogens (tertiary/aromatic N) is 1. The Labute approximate surface area is 106 Å². The van der Waals surface area contributed by atoms with E-state index in [1.54, 1.807) is 0 Å². The lowest BCUT2D eigenvalue weighted by Crippen LogP contribution is -2.38. The fourth-order valence-electron chi connectivity index (χ4n) is 2.38. The summed E-state index contributed by atoms with van der Waals surface area (Å²) in [7, 11) is 0. The van der Waals surface area contributed by atoms with E-state index in [0.29, 0.717) is 11.4 Å². The van der Waals surface area contributed by atoms with Crippen molar-refractivity contribution < 1.29 is 4.39 Å². The van der Waals surface area contributed by atoms with Crippen molar-refractivity contribution in [2.75, 3.05) is 22.9 Å². The Kier molecular flexibility index (Phi) is 3.33. The molecule has 0 radical (unpaired) electrons. The monoisotopic (exact) mass is 257 g/mol. The number of hydrogen-bond donors (Lipinski definition) is 2. The quantitative estimate of drug-likeness (QED) is 0.761. The van der Waals surface area contributed by atoms with Crippen LogP contribution in [0.2, 0.25) is 5.02 Å². The highest BCUT2D eigenvalue weighted by atomic mass is 35.5. The second-order valence-electron chi connectivity index (χ2n) is 4.57. The van der Waals surface area contributed by atoms with Gasteiger partial charge in [-0.2, -0.15) is 0 Å². The summed E-state index contributed by atoms with van der Waals surface area (Å²) in [6, 6.07) is 1.81. The van der Waals surface area contributed by atoms with Gasteiger partial charge in [0, 0.05) is 12.6 Å². The second-order valence-corrected chi connectivity index (χ2v) is 4.95. The van der Waals surface area contributed by atoms with Gasteiger partial charge in [-0.15, -0.1) is 0 Å². The summed E-state index contributed by atoms with van der Waals surface area (Å²) in [6.07, 6.45) is 3.26. The first-order valence-corrected chi connectivity index (χ1v) is 6.19. The highest BCUT2D eigenvalue weighted by Crippen LogP contribution is 2.38. The first-order chi connectivity index (χ1) is 8.02. The summed E-state index contributed by atoms with van der Waals surface area (Å²) >= 11 is 5.84. The van der Waals surface area contributed by atoms with Gasteiger partial charge in [-0.05, 0) is 32.3 Å². The summed E-state index contributed by atoms with van der Waals surface area (Å²) in [5.41, 5.74) is 12.4. The predicted molar refractivity (Wildman–Crippen MR) is 70.9 cm³/mol. The average molecular weight is 258 g/mol. The number of anilines is 3. The van der Waals surface area contributed by atoms with Crippen LogP contribution in [0.15, 0.2) is 6.07 Å². The van der Waals surface area contributed by atoms with E-state index in [-0.39, 0.29) is 16.8 Å². The maximum atomic E-state index is 14.1. The third-order valence-corrected chi connectivity index (χ3v) is 3.71. The molecule has 1 aromatic carbocycles. The molecule has 1 atom stereocenters. The normalized spacial score (nSPS) is 20.6. The van der Waals surface area contributed by atoms with Crippen LogP contribution in [0.4, 0.5) is 21.5 Å². The van der Waals surface area contributed by atoms with Crippen LogP contribution in [0.3, 0.4) is 0 Å². The molecule has 0 spiro atoms. The molecule has 1 heterocycles. The highest BCUT2D eigenvalue weighted by molar-refractivity contribution is 6.33. The summed E-state index contributed by atoms with van der Waals surface area (Å²) < 4.78 is 14.1. The van der Waals surface area contributed by atoms with Crippen molar-refractivity contribution in [1.29, 1.82) is 0 Å². The molecule has 1 fully saturated rings. The molecule has 1 unspecified atom stereocenters. The fraction of sp³-hybridized carbons (Fsp3) is 0.500. The molecule has 1 aliphatic heterocycles. The number of nitrogen functional groups attached to an aromatic ring is 2. The van der Waals surface area contributed by atoms with Gasteiger partial charge in [0.05, 0.1) is 17.1 Å². The van der Waals surface area contributed by atoms with Gasteiger partial charge in [-0.3, -0.25) is 0 Å². The number of rotatable bonds is 1. The molecule has 17 heavy (non-hydrogen) atoms. The van der Waals surface area contributed by atoms with Crippen LogP contribution in [-0.4, -0.2) is 12.6 Å². The number of hydrogen-bond acceptors (Lipinski definition) is 3. The van der Waals surface area contributed by atoms with Gasteiger partial charge >= 0.3 is 0 Å². The Bertz CT molecular complexity index is 436. The number of benzene rings is 1. The molecule has 94 valence electrons. The fourth-order valence-corrected chi connectivity index (χ4v) is 2.52. The largest absolute Gasteiger partial charge is 0.397 e. The van der Waals surface area contributed by atoms with Crippen molar-refractivity contribution in [3.05, 3.63) is 16.9 Å². The van der Waals surface area contributed by atoms with Gasteiger partial charge in [-0.1, -0.05) is 11.6 Å². The van der Waals surface area contributed by atoms with Crippen molar-refractivity contribution in [1.82, 2.24) is 0 Å². The van der Waals surface area contributed by atoms with E-state index in [0.717, 1.165) is 19.4 Å². The molecule has 5 heteroatoms. The Balaban J connectivity index is 2.47. The molecule has 0 aromatic heterocycles. The summed E-state index contributed by atoms with van der Waals surface area (Å²) in [5.74, 6) is -0.502. The van der Waals surface area contributed by atoms with E-state index in [4.69, 9.17) is 23.1 Å². The summed E-state index contributed by atoms with van der Waals surface area (Å²) in [6.45, 7) is 2.88. The van der Waals surface area contributed by atoms with Crippen LogP contribution in [0, 0.1) is 5.82 Å². The van der Waals surface area contributed by atoms with Crippen LogP contribution >= 0.6 is 11.6 Å². The van der Waals surface area contributed by atoms with E-state index in [2.05, 4.69) is 6.92 Å². The van der Waals surface area contributed by atoms with Gasteiger partial charge in [-0.25, -0.2) is 4.39 Å². The standard InChI is InChI=1S/C12H17ClFN3/c1-7-4-2-3-5-17(7)12-9(16)6-8(15)10(13)11(12)14/h6-7H,2-5,15-16H2,1H3. The van der Waals surface area contributed by atoms with Gasteiger partial charge in [0.15, 0.2) is 5.82 Å². The number of halogens is 2. The highest BCUT2D eigenvalue weighted by Gasteiger charge is 2.25. The zero-order chi connectivity index (χ0) is 12.6. The van der Waals surface area contributed by atoms with E-state index < -0.39 is 5.82 Å². The van der Waals surface area contributed by atoms with Crippen LogP contribution in [0.1, 0.15) is 26.2 Å². The Hall–Kier alpha value is -1.16. The molecule has 0 amide bonds. The molecule has 0 aliphatic carbocycles. The lowest BCUT2D eigenvalue weighted by atomic mass is 10.0. The molecular formula is C12H17ClFN3. The molecule has 1 aromatic rings. The molecule has 0 saturated carbocycles. The summed E-state index contributed by atoms with van der Waals surface area (Å²) in [4.78, 5) is 1.99. The van der Waals surface area contributed by atoms with Crippen LogP contribution in [-0.2, 0) is 0 Å². The van der Waals surface area contributed by atoms with Crippen LogP contribution < -0.4 is 16.4 Å². The zero-order valence-corrected chi connectivity index (χ0v) is 10.6. The van der Waals surface area contributed by atoms with Crippen LogP contribution in [0.5, 0.6) is 0 Å². The zero-order valence-electron chi connectivity index (χ0n) is 9.84. The molecule has 1 aliphatic rings. The summed E-state index contributed by atoms with van der Waals surface area (Å²) in [5, 5.41) is -0.0352. The maximum absolute atomic E-state index is 14.1. The minimum absolute atomic E-state index is 0.0352. The molecule has 1 saturated heterocycles. The first kappa shape index (κ1) is 12.3. The Morgan fingerprint density at radius 1 is 1.35 bits per heavy atom. The van der Waals surface area contributed by atoms with Crippen molar-refractivity contribution in [2.45, 2.75) is 32.2 Å². The van der Waals surface area contributed by atoms with Crippen molar-refractivity contribution in [2.24, 2.45) is 0 Å². The minimum Gasteiger partial charge on any atom is -0.397 e. The van der Waals surface area contributed by atoms with Gasteiger partial charge in [0.1, 0.15) is 5.02 Å². The van der Waals surface area contributed by atoms with E-state index in [1.807, 2.05) is 4.90 Å². The minimum atomic E-state index is -0.502. The molecule has 3 nitrogen and oxygen atoms in total. The van der Waals surface area contributed by atoms with Crippen molar-refractivity contribution >= 4 is 28.7 Å². The lowest BCUT2D eigenvalue weighted by molar-refractivity contribution is 0.476. The molecular weight excluding hydrogens is 241 g/mol. The third kappa shape index (κ3) is 2.14. The van der Waals surface area contributed by atoms with E-state index in [1.165, 1.54) is 12.5 Å². The molecule has 2 rings (SSSR count). The Morgan fingerprint density at radius 3 is 2.71 bits per heavy atom. The van der Waals surface area contributed by atoms with Crippen LogP contribution in [0.25, 0.3) is 0 Å². The van der Waals surface area contributed by atoms with E-state index in [9.17, 15) is 4.39 Å². The van der Waals surface area contributed by atoms with Gasteiger partial charge in [0.25, 0.3) is 0 Å². The van der Waals surface area contributed by atoms with Gasteiger partial charge in [0.2, 0.25) is 0 Å². The first-order valence-electron chi connectivity index (χ1n) is 5.82. The maximum Gasteiger partial charge on any atom is 0.169 e. The Morgan fingerprint density at radius 2 is 2.06 bits per heavy atom. The second kappa shape index (κ2) is 4.61. The number of piperidine rings is 1. The van der Waals surface area contributed by atoms with Crippen molar-refractivity contribution in [3.63, 3.8) is 0 Å². The number of nitrogens with two attached hydrogens (primary N) is 2. The SMILES string of the molecule is CC1CCCCN1c1c(N)cc(N)c(Cl)c1F. The topological polar surface area (TPSA) is 55.3 Å². The lowest BCUT2D eigenvalue weighted by Gasteiger charge is -2.36. The van der Waals surface area contributed by atoms with Crippen molar-refractivity contribution in [3.8, 4) is 0 Å². The average Bonchev–Trinajstić information content (AvgIpc) is 2.29.